The monoisotopic (exact) mass is 445 g/mol. The average Bonchev–Trinajstić information content (AvgIpc) is 3.13. The van der Waals surface area contributed by atoms with Crippen LogP contribution in [-0.2, 0) is 10.0 Å². The third-order valence-corrected chi connectivity index (χ3v) is 6.11. The Kier molecular flexibility index (Phi) is 6.98. The number of carbonyl (C=O) groups excluding carboxylic acids is 1. The van der Waals surface area contributed by atoms with E-state index >= 15 is 0 Å². The molecule has 1 heterocycles. The number of urea groups is 1. The summed E-state index contributed by atoms with van der Waals surface area (Å²) in [6.45, 7) is -0.119. The molecular formula is C18H22F3N5O3S. The standard InChI is InChI=1S/C18H22F3N5O3S/c19-13-10-15(21)16(11-14(13)20)26-8-6-17(24-26)23-18(27)22-7-9-30(28,29)25-12-4-2-1-3-5-12/h6,8,10-12,25H,1-5,7,9H2,(H2,22,23,24,27). The topological polar surface area (TPSA) is 105 Å². The predicted molar refractivity (Wildman–Crippen MR) is 104 cm³/mol. The minimum atomic E-state index is -3.51. The summed E-state index contributed by atoms with van der Waals surface area (Å²) in [5.41, 5.74) is -0.331. The number of nitrogens with zero attached hydrogens (tertiary/aromatic N) is 2. The Hall–Kier alpha value is -2.60. The highest BCUT2D eigenvalue weighted by Gasteiger charge is 2.20. The number of halogens is 3. The molecule has 164 valence electrons. The van der Waals surface area contributed by atoms with E-state index in [2.05, 4.69) is 20.5 Å². The van der Waals surface area contributed by atoms with E-state index in [4.69, 9.17) is 0 Å². The number of sulfonamides is 1. The smallest absolute Gasteiger partial charge is 0.320 e. The molecule has 3 N–H and O–H groups in total. The molecule has 2 amide bonds. The van der Waals surface area contributed by atoms with Gasteiger partial charge in [-0.1, -0.05) is 19.3 Å². The SMILES string of the molecule is O=C(NCCS(=O)(=O)NC1CCCCC1)Nc1ccn(-c2cc(F)c(F)cc2F)n1. The summed E-state index contributed by atoms with van der Waals surface area (Å²) in [5.74, 6) is -3.85. The molecule has 1 fully saturated rings. The van der Waals surface area contributed by atoms with Crippen molar-refractivity contribution in [2.24, 2.45) is 0 Å². The van der Waals surface area contributed by atoms with Crippen molar-refractivity contribution in [3.05, 3.63) is 41.8 Å². The third-order valence-electron chi connectivity index (χ3n) is 4.67. The molecule has 1 saturated carbocycles. The number of anilines is 1. The first kappa shape index (κ1) is 22.1. The van der Waals surface area contributed by atoms with Crippen LogP contribution >= 0.6 is 0 Å². The van der Waals surface area contributed by atoms with Gasteiger partial charge in [-0.25, -0.2) is 35.8 Å². The zero-order valence-corrected chi connectivity index (χ0v) is 16.8. The summed E-state index contributed by atoms with van der Waals surface area (Å²) < 4.78 is 67.9. The van der Waals surface area contributed by atoms with Crippen molar-refractivity contribution in [3.8, 4) is 5.69 Å². The van der Waals surface area contributed by atoms with Crippen molar-refractivity contribution in [2.45, 2.75) is 38.1 Å². The zero-order valence-electron chi connectivity index (χ0n) is 16.0. The fourth-order valence-corrected chi connectivity index (χ4v) is 4.44. The maximum Gasteiger partial charge on any atom is 0.320 e. The van der Waals surface area contributed by atoms with Gasteiger partial charge in [-0.3, -0.25) is 5.32 Å². The molecule has 2 aromatic rings. The molecule has 8 nitrogen and oxygen atoms in total. The van der Waals surface area contributed by atoms with E-state index < -0.39 is 33.5 Å². The Bertz CT molecular complexity index is 1010. The van der Waals surface area contributed by atoms with Crippen LogP contribution in [0.4, 0.5) is 23.8 Å². The van der Waals surface area contributed by atoms with Crippen LogP contribution in [0.3, 0.4) is 0 Å². The summed E-state index contributed by atoms with van der Waals surface area (Å²) in [6, 6.07) is 1.60. The van der Waals surface area contributed by atoms with Crippen molar-refractivity contribution in [1.82, 2.24) is 19.8 Å². The molecule has 12 heteroatoms. The first-order valence-electron chi connectivity index (χ1n) is 9.49. The van der Waals surface area contributed by atoms with Crippen LogP contribution in [0.2, 0.25) is 0 Å². The van der Waals surface area contributed by atoms with E-state index in [-0.39, 0.29) is 29.8 Å². The van der Waals surface area contributed by atoms with Gasteiger partial charge in [-0.05, 0) is 12.8 Å². The minimum absolute atomic E-state index is 0.0137. The lowest BCUT2D eigenvalue weighted by Gasteiger charge is -2.22. The number of carbonyl (C=O) groups is 1. The number of hydrogen-bond acceptors (Lipinski definition) is 4. The lowest BCUT2D eigenvalue weighted by molar-refractivity contribution is 0.252. The Balaban J connectivity index is 1.49. The molecule has 1 aromatic carbocycles. The lowest BCUT2D eigenvalue weighted by Crippen LogP contribution is -2.41. The fourth-order valence-electron chi connectivity index (χ4n) is 3.21. The van der Waals surface area contributed by atoms with E-state index in [0.29, 0.717) is 12.1 Å². The van der Waals surface area contributed by atoms with E-state index in [1.165, 1.54) is 12.3 Å². The summed E-state index contributed by atoms with van der Waals surface area (Å²) in [5, 5.41) is 8.63. The van der Waals surface area contributed by atoms with Crippen LogP contribution in [0, 0.1) is 17.5 Å². The van der Waals surface area contributed by atoms with Crippen LogP contribution in [0.5, 0.6) is 0 Å². The molecular weight excluding hydrogens is 423 g/mol. The maximum atomic E-state index is 13.8. The molecule has 0 radical (unpaired) electrons. The molecule has 0 saturated heterocycles. The van der Waals surface area contributed by atoms with Gasteiger partial charge in [0.25, 0.3) is 0 Å². The van der Waals surface area contributed by atoms with Gasteiger partial charge >= 0.3 is 6.03 Å². The zero-order chi connectivity index (χ0) is 21.7. The molecule has 1 aromatic heterocycles. The molecule has 1 aliphatic carbocycles. The van der Waals surface area contributed by atoms with Gasteiger partial charge in [0.05, 0.1) is 5.75 Å². The molecule has 0 spiro atoms. The third kappa shape index (κ3) is 5.95. The number of aromatic nitrogens is 2. The lowest BCUT2D eigenvalue weighted by atomic mass is 9.96. The average molecular weight is 445 g/mol. The van der Waals surface area contributed by atoms with Gasteiger partial charge in [-0.15, -0.1) is 5.10 Å². The second-order valence-corrected chi connectivity index (χ2v) is 8.89. The van der Waals surface area contributed by atoms with Crippen LogP contribution < -0.4 is 15.4 Å². The van der Waals surface area contributed by atoms with Gasteiger partial charge in [0.2, 0.25) is 10.0 Å². The quantitative estimate of drug-likeness (QED) is 0.570. The number of amides is 2. The Morgan fingerprint density at radius 1 is 1.10 bits per heavy atom. The number of benzene rings is 1. The Morgan fingerprint density at radius 2 is 1.80 bits per heavy atom. The Morgan fingerprint density at radius 3 is 2.53 bits per heavy atom. The van der Waals surface area contributed by atoms with Crippen molar-refractivity contribution in [1.29, 1.82) is 0 Å². The highest BCUT2D eigenvalue weighted by atomic mass is 32.2. The van der Waals surface area contributed by atoms with Crippen LogP contribution in [0.1, 0.15) is 32.1 Å². The second-order valence-electron chi connectivity index (χ2n) is 7.02. The van der Waals surface area contributed by atoms with Crippen molar-refractivity contribution in [2.75, 3.05) is 17.6 Å². The van der Waals surface area contributed by atoms with E-state index in [1.807, 2.05) is 0 Å². The van der Waals surface area contributed by atoms with Crippen LogP contribution in [0.25, 0.3) is 5.69 Å². The molecule has 0 atom stereocenters. The molecule has 1 aliphatic rings. The van der Waals surface area contributed by atoms with Crippen LogP contribution in [-0.4, -0.2) is 42.6 Å². The summed E-state index contributed by atoms with van der Waals surface area (Å²) >= 11 is 0. The second kappa shape index (κ2) is 9.47. The van der Waals surface area contributed by atoms with Gasteiger partial charge in [0.15, 0.2) is 23.3 Å². The Labute approximate surface area is 171 Å². The largest absolute Gasteiger partial charge is 0.337 e. The number of nitrogens with one attached hydrogen (secondary N) is 3. The maximum absolute atomic E-state index is 13.8. The van der Waals surface area contributed by atoms with Gasteiger partial charge in [0, 0.05) is 37.0 Å². The molecule has 3 rings (SSSR count). The molecule has 30 heavy (non-hydrogen) atoms. The van der Waals surface area contributed by atoms with Crippen molar-refractivity contribution < 1.29 is 26.4 Å². The summed E-state index contributed by atoms with van der Waals surface area (Å²) in [7, 11) is -3.51. The molecule has 0 bridgehead atoms. The first-order valence-corrected chi connectivity index (χ1v) is 11.1. The van der Waals surface area contributed by atoms with E-state index in [0.717, 1.165) is 36.8 Å². The first-order chi connectivity index (χ1) is 14.2. The molecule has 0 aliphatic heterocycles. The predicted octanol–water partition coefficient (Wildman–Crippen LogP) is 2.66. The van der Waals surface area contributed by atoms with Gasteiger partial charge in [-0.2, -0.15) is 0 Å². The van der Waals surface area contributed by atoms with Gasteiger partial charge < -0.3 is 5.32 Å². The normalized spacial score (nSPS) is 15.2. The summed E-state index contributed by atoms with van der Waals surface area (Å²) in [4.78, 5) is 11.9. The van der Waals surface area contributed by atoms with Crippen LogP contribution in [0.15, 0.2) is 24.4 Å². The van der Waals surface area contributed by atoms with Gasteiger partial charge in [0.1, 0.15) is 5.69 Å². The number of hydrogen-bond donors (Lipinski definition) is 3. The molecule has 0 unspecified atom stereocenters. The number of rotatable bonds is 7. The minimum Gasteiger partial charge on any atom is -0.337 e. The highest BCUT2D eigenvalue weighted by molar-refractivity contribution is 7.89. The highest BCUT2D eigenvalue weighted by Crippen LogP contribution is 2.19. The van der Waals surface area contributed by atoms with E-state index in [9.17, 15) is 26.4 Å². The summed E-state index contributed by atoms with van der Waals surface area (Å²) in [6.07, 6.45) is 5.98. The van der Waals surface area contributed by atoms with E-state index in [1.54, 1.807) is 0 Å². The van der Waals surface area contributed by atoms with Crippen molar-refractivity contribution in [3.63, 3.8) is 0 Å². The fraction of sp³-hybridized carbons (Fsp3) is 0.444. The van der Waals surface area contributed by atoms with Crippen molar-refractivity contribution >= 4 is 21.9 Å².